The zero-order chi connectivity index (χ0) is 13.0. The maximum atomic E-state index is 6.27. The van der Waals surface area contributed by atoms with E-state index in [2.05, 4.69) is 29.1 Å². The van der Waals surface area contributed by atoms with Gasteiger partial charge in [0.05, 0.1) is 11.9 Å². The molecule has 1 aromatic heterocycles. The lowest BCUT2D eigenvalue weighted by atomic mass is 10.1. The molecule has 0 aliphatic carbocycles. The second-order valence-corrected chi connectivity index (χ2v) is 4.84. The van der Waals surface area contributed by atoms with Gasteiger partial charge < -0.3 is 5.32 Å². The van der Waals surface area contributed by atoms with Crippen LogP contribution in [0.5, 0.6) is 0 Å². The molecule has 0 bridgehead atoms. The zero-order valence-corrected chi connectivity index (χ0v) is 11.3. The molecule has 0 aliphatic rings. The van der Waals surface area contributed by atoms with Gasteiger partial charge in [-0.2, -0.15) is 0 Å². The average Bonchev–Trinajstić information content (AvgIpc) is 2.38. The Morgan fingerprint density at radius 2 is 2.11 bits per heavy atom. The molecule has 0 saturated carbocycles. The summed E-state index contributed by atoms with van der Waals surface area (Å²) in [6.45, 7) is 5.00. The minimum Gasteiger partial charge on any atom is -0.310 e. The highest BCUT2D eigenvalue weighted by Crippen LogP contribution is 2.23. The third-order valence-electron chi connectivity index (χ3n) is 2.61. The van der Waals surface area contributed by atoms with Crippen molar-refractivity contribution < 1.29 is 0 Å². The zero-order valence-electron chi connectivity index (χ0n) is 10.5. The van der Waals surface area contributed by atoms with Crippen LogP contribution in [0.2, 0.25) is 5.02 Å². The van der Waals surface area contributed by atoms with Crippen molar-refractivity contribution in [1.29, 1.82) is 0 Å². The van der Waals surface area contributed by atoms with Gasteiger partial charge in [0.2, 0.25) is 0 Å². The van der Waals surface area contributed by atoms with Crippen LogP contribution in [0.1, 0.15) is 19.4 Å². The Morgan fingerprint density at radius 3 is 2.72 bits per heavy atom. The Balaban J connectivity index is 2.20. The van der Waals surface area contributed by atoms with Crippen LogP contribution in [0.4, 0.5) is 0 Å². The van der Waals surface area contributed by atoms with E-state index in [0.717, 1.165) is 28.4 Å². The molecule has 3 nitrogen and oxygen atoms in total. The largest absolute Gasteiger partial charge is 0.310 e. The quantitative estimate of drug-likeness (QED) is 0.918. The molecule has 94 valence electrons. The molecule has 0 atom stereocenters. The highest BCUT2D eigenvalue weighted by molar-refractivity contribution is 6.31. The summed E-state index contributed by atoms with van der Waals surface area (Å²) in [7, 11) is 0. The lowest BCUT2D eigenvalue weighted by Crippen LogP contribution is -2.21. The van der Waals surface area contributed by atoms with Gasteiger partial charge in [-0.05, 0) is 11.6 Å². The molecule has 0 aliphatic heterocycles. The van der Waals surface area contributed by atoms with Gasteiger partial charge in [-0.15, -0.1) is 0 Å². The van der Waals surface area contributed by atoms with Crippen molar-refractivity contribution in [1.82, 2.24) is 15.3 Å². The van der Waals surface area contributed by atoms with Crippen molar-refractivity contribution in [2.45, 2.75) is 26.4 Å². The Hall–Kier alpha value is -1.45. The maximum Gasteiger partial charge on any atom is 0.0885 e. The molecule has 2 rings (SSSR count). The first kappa shape index (κ1) is 13.0. The van der Waals surface area contributed by atoms with Crippen molar-refractivity contribution in [3.8, 4) is 11.3 Å². The van der Waals surface area contributed by atoms with Crippen LogP contribution in [0.25, 0.3) is 11.3 Å². The number of halogens is 1. The van der Waals surface area contributed by atoms with Gasteiger partial charge in [0.1, 0.15) is 0 Å². The van der Waals surface area contributed by atoms with Crippen LogP contribution in [0.15, 0.2) is 36.8 Å². The molecule has 0 amide bonds. The molecule has 4 heteroatoms. The fraction of sp³-hybridized carbons (Fsp3) is 0.286. The van der Waals surface area contributed by atoms with Gasteiger partial charge in [0, 0.05) is 35.6 Å². The molecule has 1 heterocycles. The number of hydrogen-bond acceptors (Lipinski definition) is 3. The molecule has 0 fully saturated rings. The average molecular weight is 262 g/mol. The van der Waals surface area contributed by atoms with Crippen molar-refractivity contribution in [3.63, 3.8) is 0 Å². The van der Waals surface area contributed by atoms with E-state index in [1.165, 1.54) is 0 Å². The van der Waals surface area contributed by atoms with E-state index >= 15 is 0 Å². The number of rotatable bonds is 4. The van der Waals surface area contributed by atoms with Crippen molar-refractivity contribution in [2.75, 3.05) is 0 Å². The standard InChI is InChI=1S/C14H16ClN3/c1-10(2)18-8-12-4-3-11(7-13(12)15)14-9-16-5-6-17-14/h3-7,9-10,18H,8H2,1-2H3. The van der Waals surface area contributed by atoms with Gasteiger partial charge in [-0.3, -0.25) is 9.97 Å². The van der Waals surface area contributed by atoms with Crippen molar-refractivity contribution in [2.24, 2.45) is 0 Å². The molecule has 0 radical (unpaired) electrons. The van der Waals surface area contributed by atoms with Crippen LogP contribution in [0, 0.1) is 0 Å². The van der Waals surface area contributed by atoms with Crippen LogP contribution in [-0.2, 0) is 6.54 Å². The summed E-state index contributed by atoms with van der Waals surface area (Å²) in [5.74, 6) is 0. The lowest BCUT2D eigenvalue weighted by molar-refractivity contribution is 0.589. The second kappa shape index (κ2) is 5.94. The normalized spacial score (nSPS) is 10.9. The molecular weight excluding hydrogens is 246 g/mol. The molecule has 2 aromatic rings. The van der Waals surface area contributed by atoms with Crippen LogP contribution in [0.3, 0.4) is 0 Å². The topological polar surface area (TPSA) is 37.8 Å². The number of nitrogens with zero attached hydrogens (tertiary/aromatic N) is 2. The summed E-state index contributed by atoms with van der Waals surface area (Å²) in [5, 5.41) is 4.11. The van der Waals surface area contributed by atoms with E-state index < -0.39 is 0 Å². The first-order valence-corrected chi connectivity index (χ1v) is 6.33. The Morgan fingerprint density at radius 1 is 1.28 bits per heavy atom. The van der Waals surface area contributed by atoms with E-state index in [0.29, 0.717) is 6.04 Å². The summed E-state index contributed by atoms with van der Waals surface area (Å²) in [6.07, 6.45) is 5.07. The lowest BCUT2D eigenvalue weighted by Gasteiger charge is -2.10. The molecule has 0 unspecified atom stereocenters. The Kier molecular flexibility index (Phi) is 4.28. The predicted octanol–water partition coefficient (Wildman–Crippen LogP) is 3.30. The highest BCUT2D eigenvalue weighted by Gasteiger charge is 2.05. The number of nitrogens with one attached hydrogen (secondary N) is 1. The van der Waals surface area contributed by atoms with E-state index in [1.54, 1.807) is 18.6 Å². The van der Waals surface area contributed by atoms with Gasteiger partial charge in [0.15, 0.2) is 0 Å². The van der Waals surface area contributed by atoms with Crippen LogP contribution < -0.4 is 5.32 Å². The monoisotopic (exact) mass is 261 g/mol. The van der Waals surface area contributed by atoms with Crippen molar-refractivity contribution >= 4 is 11.6 Å². The summed E-state index contributed by atoms with van der Waals surface area (Å²) in [6, 6.07) is 6.43. The van der Waals surface area contributed by atoms with Crippen LogP contribution in [-0.4, -0.2) is 16.0 Å². The number of benzene rings is 1. The van der Waals surface area contributed by atoms with E-state index in [9.17, 15) is 0 Å². The fourth-order valence-corrected chi connectivity index (χ4v) is 1.86. The Labute approximate surface area is 112 Å². The second-order valence-electron chi connectivity index (χ2n) is 4.43. The number of aromatic nitrogens is 2. The summed E-state index contributed by atoms with van der Waals surface area (Å²) >= 11 is 6.27. The third kappa shape index (κ3) is 3.28. The highest BCUT2D eigenvalue weighted by atomic mass is 35.5. The number of hydrogen-bond donors (Lipinski definition) is 1. The molecular formula is C14H16ClN3. The SMILES string of the molecule is CC(C)NCc1ccc(-c2cnccn2)cc1Cl. The Bertz CT molecular complexity index is 512. The first-order valence-electron chi connectivity index (χ1n) is 5.95. The van der Waals surface area contributed by atoms with Crippen molar-refractivity contribution in [3.05, 3.63) is 47.4 Å². The van der Waals surface area contributed by atoms with Gasteiger partial charge >= 0.3 is 0 Å². The fourth-order valence-electron chi connectivity index (χ4n) is 1.61. The summed E-state index contributed by atoms with van der Waals surface area (Å²) in [4.78, 5) is 8.31. The third-order valence-corrected chi connectivity index (χ3v) is 2.96. The predicted molar refractivity (Wildman–Crippen MR) is 74.5 cm³/mol. The van der Waals surface area contributed by atoms with Crippen LogP contribution >= 0.6 is 11.6 Å². The summed E-state index contributed by atoms with van der Waals surface area (Å²) in [5.41, 5.74) is 2.92. The molecule has 0 saturated heterocycles. The molecule has 1 N–H and O–H groups in total. The van der Waals surface area contributed by atoms with E-state index in [-0.39, 0.29) is 0 Å². The smallest absolute Gasteiger partial charge is 0.0885 e. The minimum absolute atomic E-state index is 0.445. The minimum atomic E-state index is 0.445. The van der Waals surface area contributed by atoms with E-state index in [1.807, 2.05) is 18.2 Å². The van der Waals surface area contributed by atoms with E-state index in [4.69, 9.17) is 11.6 Å². The first-order chi connectivity index (χ1) is 8.66. The maximum absolute atomic E-state index is 6.27. The van der Waals surface area contributed by atoms with Gasteiger partial charge in [0.25, 0.3) is 0 Å². The molecule has 18 heavy (non-hydrogen) atoms. The summed E-state index contributed by atoms with van der Waals surface area (Å²) < 4.78 is 0. The molecule has 1 aromatic carbocycles. The van der Waals surface area contributed by atoms with Gasteiger partial charge in [-0.1, -0.05) is 37.6 Å². The van der Waals surface area contributed by atoms with Gasteiger partial charge in [-0.25, -0.2) is 0 Å². The molecule has 0 spiro atoms.